The van der Waals surface area contributed by atoms with Crippen LogP contribution in [-0.2, 0) is 4.79 Å². The lowest BCUT2D eigenvalue weighted by Crippen LogP contribution is -2.20. The highest BCUT2D eigenvalue weighted by Crippen LogP contribution is 2.09. The Morgan fingerprint density at radius 2 is 1.78 bits per heavy atom. The molecule has 4 heteroatoms. The van der Waals surface area contributed by atoms with Crippen molar-refractivity contribution in [3.63, 3.8) is 0 Å². The van der Waals surface area contributed by atoms with E-state index in [1.54, 1.807) is 0 Å². The summed E-state index contributed by atoms with van der Waals surface area (Å²) in [6.07, 6.45) is 14.2. The standard InChI is InChI=1S/C14H24N2O2/c17-14(18)9-6-4-2-1-3-5-7-11-16-12-8-10-15-13-16/h8,10,12H,1-7,9,11,13H2,(H,17,18). The minimum atomic E-state index is -0.674. The summed E-state index contributed by atoms with van der Waals surface area (Å²) in [6.45, 7) is 1.89. The largest absolute Gasteiger partial charge is 0.481 e. The van der Waals surface area contributed by atoms with Gasteiger partial charge < -0.3 is 10.0 Å². The molecule has 0 fully saturated rings. The molecule has 0 saturated heterocycles. The van der Waals surface area contributed by atoms with E-state index in [1.165, 1.54) is 32.1 Å². The number of aliphatic imine (C=N–C) groups is 1. The van der Waals surface area contributed by atoms with Gasteiger partial charge in [-0.05, 0) is 18.9 Å². The SMILES string of the molecule is O=C(O)CCCCCCCCCN1C=CC=NC1. The molecule has 1 rings (SSSR count). The molecule has 18 heavy (non-hydrogen) atoms. The number of hydrogen-bond acceptors (Lipinski definition) is 3. The molecule has 0 bridgehead atoms. The van der Waals surface area contributed by atoms with Gasteiger partial charge in [0.25, 0.3) is 0 Å². The van der Waals surface area contributed by atoms with Crippen molar-refractivity contribution in [2.24, 2.45) is 4.99 Å². The maximum Gasteiger partial charge on any atom is 0.303 e. The third kappa shape index (κ3) is 7.87. The van der Waals surface area contributed by atoms with E-state index in [0.717, 1.165) is 26.1 Å². The van der Waals surface area contributed by atoms with E-state index >= 15 is 0 Å². The number of hydrogen-bond donors (Lipinski definition) is 1. The number of carbonyl (C=O) groups is 1. The van der Waals surface area contributed by atoms with Crippen LogP contribution in [0.2, 0.25) is 0 Å². The minimum absolute atomic E-state index is 0.321. The molecule has 1 heterocycles. The van der Waals surface area contributed by atoms with Crippen LogP contribution in [-0.4, -0.2) is 35.4 Å². The van der Waals surface area contributed by atoms with Crippen LogP contribution in [0.5, 0.6) is 0 Å². The zero-order valence-corrected chi connectivity index (χ0v) is 11.1. The Hall–Kier alpha value is -1.32. The van der Waals surface area contributed by atoms with Gasteiger partial charge in [0.1, 0.15) is 6.67 Å². The second kappa shape index (κ2) is 9.68. The molecule has 0 atom stereocenters. The monoisotopic (exact) mass is 252 g/mol. The third-order valence-corrected chi connectivity index (χ3v) is 3.09. The van der Waals surface area contributed by atoms with Gasteiger partial charge in [0.15, 0.2) is 0 Å². The number of allylic oxidation sites excluding steroid dienone is 1. The molecule has 0 aromatic heterocycles. The maximum absolute atomic E-state index is 10.3. The first-order valence-corrected chi connectivity index (χ1v) is 6.91. The quantitative estimate of drug-likeness (QED) is 0.608. The first kappa shape index (κ1) is 14.7. The molecule has 0 aliphatic carbocycles. The van der Waals surface area contributed by atoms with Gasteiger partial charge in [0.05, 0.1) is 0 Å². The van der Waals surface area contributed by atoms with Crippen molar-refractivity contribution in [3.8, 4) is 0 Å². The van der Waals surface area contributed by atoms with Crippen molar-refractivity contribution in [2.75, 3.05) is 13.2 Å². The van der Waals surface area contributed by atoms with Crippen molar-refractivity contribution in [2.45, 2.75) is 51.4 Å². The van der Waals surface area contributed by atoms with Crippen LogP contribution in [0.1, 0.15) is 51.4 Å². The van der Waals surface area contributed by atoms with Crippen molar-refractivity contribution in [1.29, 1.82) is 0 Å². The van der Waals surface area contributed by atoms with E-state index in [4.69, 9.17) is 5.11 Å². The van der Waals surface area contributed by atoms with Crippen LogP contribution in [0, 0.1) is 0 Å². The van der Waals surface area contributed by atoms with Gasteiger partial charge in [0.2, 0.25) is 0 Å². The van der Waals surface area contributed by atoms with Gasteiger partial charge in [-0.25, -0.2) is 0 Å². The number of nitrogens with zero attached hydrogens (tertiary/aromatic N) is 2. The Morgan fingerprint density at radius 1 is 1.11 bits per heavy atom. The molecule has 0 radical (unpaired) electrons. The smallest absolute Gasteiger partial charge is 0.303 e. The van der Waals surface area contributed by atoms with Gasteiger partial charge in [-0.3, -0.25) is 9.79 Å². The van der Waals surface area contributed by atoms with Gasteiger partial charge in [-0.15, -0.1) is 0 Å². The van der Waals surface area contributed by atoms with Crippen LogP contribution in [0.15, 0.2) is 17.3 Å². The summed E-state index contributed by atoms with van der Waals surface area (Å²) in [6, 6.07) is 0. The first-order chi connectivity index (χ1) is 8.79. The molecule has 4 nitrogen and oxygen atoms in total. The van der Waals surface area contributed by atoms with Crippen molar-refractivity contribution < 1.29 is 9.90 Å². The highest BCUT2D eigenvalue weighted by atomic mass is 16.4. The molecule has 0 aromatic carbocycles. The minimum Gasteiger partial charge on any atom is -0.481 e. The van der Waals surface area contributed by atoms with Gasteiger partial charge in [0, 0.05) is 25.4 Å². The lowest BCUT2D eigenvalue weighted by atomic mass is 10.1. The van der Waals surface area contributed by atoms with Crippen molar-refractivity contribution in [1.82, 2.24) is 4.90 Å². The fourth-order valence-electron chi connectivity index (χ4n) is 2.04. The van der Waals surface area contributed by atoms with Gasteiger partial charge in [-0.1, -0.05) is 32.1 Å². The molecule has 0 aromatic rings. The lowest BCUT2D eigenvalue weighted by Gasteiger charge is -2.19. The summed E-state index contributed by atoms with van der Waals surface area (Å²) in [5.74, 6) is -0.674. The Labute approximate surface area is 109 Å². The summed E-state index contributed by atoms with van der Waals surface area (Å²) in [5.41, 5.74) is 0. The summed E-state index contributed by atoms with van der Waals surface area (Å²) in [5, 5.41) is 8.49. The maximum atomic E-state index is 10.3. The second-order valence-electron chi connectivity index (χ2n) is 4.75. The van der Waals surface area contributed by atoms with Crippen molar-refractivity contribution >= 4 is 12.2 Å². The molecule has 1 aliphatic rings. The Bertz CT molecular complexity index is 288. The number of unbranched alkanes of at least 4 members (excludes halogenated alkanes) is 6. The number of carboxylic acid groups (broad SMARTS) is 1. The van der Waals surface area contributed by atoms with E-state index in [2.05, 4.69) is 16.1 Å². The third-order valence-electron chi connectivity index (χ3n) is 3.09. The van der Waals surface area contributed by atoms with Crippen LogP contribution >= 0.6 is 0 Å². The average molecular weight is 252 g/mol. The molecule has 0 saturated carbocycles. The van der Waals surface area contributed by atoms with E-state index in [-0.39, 0.29) is 0 Å². The number of carboxylic acids is 1. The molecule has 0 amide bonds. The van der Waals surface area contributed by atoms with Crippen LogP contribution in [0.25, 0.3) is 0 Å². The van der Waals surface area contributed by atoms with E-state index in [1.807, 2.05) is 12.3 Å². The van der Waals surface area contributed by atoms with E-state index < -0.39 is 5.97 Å². The van der Waals surface area contributed by atoms with Gasteiger partial charge in [-0.2, -0.15) is 0 Å². The predicted octanol–water partition coefficient (Wildman–Crippen LogP) is 3.05. The average Bonchev–Trinajstić information content (AvgIpc) is 2.37. The summed E-state index contributed by atoms with van der Waals surface area (Å²) in [7, 11) is 0. The first-order valence-electron chi connectivity index (χ1n) is 6.91. The molecule has 0 spiro atoms. The van der Waals surface area contributed by atoms with E-state index in [9.17, 15) is 4.79 Å². The topological polar surface area (TPSA) is 52.9 Å². The predicted molar refractivity (Wildman–Crippen MR) is 73.8 cm³/mol. The fourth-order valence-corrected chi connectivity index (χ4v) is 2.04. The lowest BCUT2D eigenvalue weighted by molar-refractivity contribution is -0.137. The van der Waals surface area contributed by atoms with Gasteiger partial charge >= 0.3 is 5.97 Å². The zero-order chi connectivity index (χ0) is 13.1. The number of aliphatic carboxylic acids is 1. The highest BCUT2D eigenvalue weighted by molar-refractivity contribution is 5.71. The summed E-state index contributed by atoms with van der Waals surface area (Å²) in [4.78, 5) is 16.7. The zero-order valence-electron chi connectivity index (χ0n) is 11.1. The second-order valence-corrected chi connectivity index (χ2v) is 4.75. The molecular weight excluding hydrogens is 228 g/mol. The summed E-state index contributed by atoms with van der Waals surface area (Å²) >= 11 is 0. The normalized spacial score (nSPS) is 14.1. The van der Waals surface area contributed by atoms with Crippen LogP contribution < -0.4 is 0 Å². The molecular formula is C14H24N2O2. The van der Waals surface area contributed by atoms with E-state index in [0.29, 0.717) is 6.42 Å². The van der Waals surface area contributed by atoms with Crippen LogP contribution in [0.4, 0.5) is 0 Å². The fraction of sp³-hybridized carbons (Fsp3) is 0.714. The highest BCUT2D eigenvalue weighted by Gasteiger charge is 2.00. The Balaban J connectivity index is 1.80. The molecule has 1 N–H and O–H groups in total. The Kier molecular flexibility index (Phi) is 7.93. The molecule has 102 valence electrons. The van der Waals surface area contributed by atoms with Crippen molar-refractivity contribution in [3.05, 3.63) is 12.3 Å². The molecule has 0 unspecified atom stereocenters. The van der Waals surface area contributed by atoms with Crippen LogP contribution in [0.3, 0.4) is 0 Å². The summed E-state index contributed by atoms with van der Waals surface area (Å²) < 4.78 is 0. The molecule has 1 aliphatic heterocycles. The Morgan fingerprint density at radius 3 is 2.39 bits per heavy atom. The number of rotatable bonds is 10.